The number of hydrogen-bond acceptors (Lipinski definition) is 3. The summed E-state index contributed by atoms with van der Waals surface area (Å²) in [6.07, 6.45) is 0.223. The molecule has 4 nitrogen and oxygen atoms in total. The molecule has 0 saturated heterocycles. The number of hydrogen-bond donors (Lipinski definition) is 1. The van der Waals surface area contributed by atoms with Gasteiger partial charge in [-0.2, -0.15) is 0 Å². The van der Waals surface area contributed by atoms with Gasteiger partial charge in [-0.15, -0.1) is 0 Å². The van der Waals surface area contributed by atoms with Crippen LogP contribution in [-0.4, -0.2) is 18.5 Å². The Morgan fingerprint density at radius 1 is 1.12 bits per heavy atom. The summed E-state index contributed by atoms with van der Waals surface area (Å²) < 4.78 is 5.03. The molecule has 1 atom stereocenters. The minimum absolute atomic E-state index is 0.0321. The van der Waals surface area contributed by atoms with Crippen molar-refractivity contribution in [1.29, 1.82) is 0 Å². The van der Waals surface area contributed by atoms with Crippen LogP contribution < -0.4 is 5.32 Å². The molecule has 0 aliphatic carbocycles. The van der Waals surface area contributed by atoms with E-state index < -0.39 is 5.97 Å². The number of esters is 1. The highest BCUT2D eigenvalue weighted by atomic mass is 35.5. The molecule has 1 amide bonds. The van der Waals surface area contributed by atoms with Crippen molar-refractivity contribution in [3.05, 3.63) is 69.7 Å². The van der Waals surface area contributed by atoms with E-state index in [4.69, 9.17) is 27.9 Å². The molecule has 0 unspecified atom stereocenters. The quantitative estimate of drug-likeness (QED) is 0.727. The molecule has 0 fully saturated rings. The number of halogens is 2. The fourth-order valence-electron chi connectivity index (χ4n) is 2.26. The molecule has 0 spiro atoms. The minimum Gasteiger partial charge on any atom is -0.456 e. The first-order valence-electron chi connectivity index (χ1n) is 7.87. The molecule has 0 aliphatic rings. The van der Waals surface area contributed by atoms with E-state index in [9.17, 15) is 9.59 Å². The third kappa shape index (κ3) is 6.40. The van der Waals surface area contributed by atoms with Crippen LogP contribution in [0.3, 0.4) is 0 Å². The van der Waals surface area contributed by atoms with Crippen LogP contribution >= 0.6 is 23.2 Å². The van der Waals surface area contributed by atoms with Gasteiger partial charge in [0, 0.05) is 16.6 Å². The first-order chi connectivity index (χ1) is 12.0. The topological polar surface area (TPSA) is 55.4 Å². The Kier molecular flexibility index (Phi) is 7.29. The number of rotatable bonds is 7. The minimum atomic E-state index is -0.406. The number of nitrogens with one attached hydrogen (secondary N) is 1. The van der Waals surface area contributed by atoms with Crippen molar-refractivity contribution in [2.75, 3.05) is 6.61 Å². The maximum Gasteiger partial charge on any atom is 0.306 e. The largest absolute Gasteiger partial charge is 0.456 e. The van der Waals surface area contributed by atoms with Crippen molar-refractivity contribution in [3.8, 4) is 0 Å². The Morgan fingerprint density at radius 3 is 2.52 bits per heavy atom. The van der Waals surface area contributed by atoms with E-state index >= 15 is 0 Å². The van der Waals surface area contributed by atoms with Gasteiger partial charge in [0.05, 0.1) is 6.42 Å². The van der Waals surface area contributed by atoms with Crippen molar-refractivity contribution >= 4 is 35.1 Å². The van der Waals surface area contributed by atoms with Crippen molar-refractivity contribution in [2.45, 2.75) is 25.8 Å². The van der Waals surface area contributed by atoms with E-state index in [1.54, 1.807) is 18.2 Å². The Morgan fingerprint density at radius 2 is 1.84 bits per heavy atom. The smallest absolute Gasteiger partial charge is 0.306 e. The second-order valence-corrected chi connectivity index (χ2v) is 6.53. The number of amides is 1. The van der Waals surface area contributed by atoms with Crippen LogP contribution in [0.25, 0.3) is 0 Å². The molecule has 0 saturated carbocycles. The van der Waals surface area contributed by atoms with E-state index in [0.29, 0.717) is 10.0 Å². The van der Waals surface area contributed by atoms with Gasteiger partial charge in [0.15, 0.2) is 6.61 Å². The monoisotopic (exact) mass is 379 g/mol. The van der Waals surface area contributed by atoms with Crippen molar-refractivity contribution in [1.82, 2.24) is 5.32 Å². The second-order valence-electron chi connectivity index (χ2n) is 5.69. The van der Waals surface area contributed by atoms with Gasteiger partial charge < -0.3 is 10.1 Å². The molecule has 0 bridgehead atoms. The van der Waals surface area contributed by atoms with Gasteiger partial charge in [-0.05, 0) is 29.2 Å². The highest BCUT2D eigenvalue weighted by Gasteiger charge is 2.14. The summed E-state index contributed by atoms with van der Waals surface area (Å²) in [6.45, 7) is 1.87. The normalized spacial score (nSPS) is 11.6. The van der Waals surface area contributed by atoms with Gasteiger partial charge in [-0.1, -0.05) is 66.5 Å². The average molecular weight is 380 g/mol. The van der Waals surface area contributed by atoms with Crippen LogP contribution in [0.1, 0.15) is 30.4 Å². The average Bonchev–Trinajstić information content (AvgIpc) is 2.60. The molecule has 25 heavy (non-hydrogen) atoms. The zero-order valence-corrected chi connectivity index (χ0v) is 15.3. The summed E-state index contributed by atoms with van der Waals surface area (Å²) >= 11 is 11.9. The Labute approximate surface area is 157 Å². The predicted octanol–water partition coefficient (Wildman–Crippen LogP) is 4.35. The number of ether oxygens (including phenoxy) is 1. The molecule has 2 aromatic rings. The molecule has 0 radical (unpaired) electrons. The summed E-state index contributed by atoms with van der Waals surface area (Å²) in [4.78, 5) is 23.7. The highest BCUT2D eigenvalue weighted by molar-refractivity contribution is 6.35. The lowest BCUT2D eigenvalue weighted by Gasteiger charge is -2.12. The lowest BCUT2D eigenvalue weighted by Crippen LogP contribution is -2.28. The zero-order valence-electron chi connectivity index (χ0n) is 13.8. The molecule has 1 N–H and O–H groups in total. The molecule has 132 valence electrons. The van der Waals surface area contributed by atoms with E-state index in [1.165, 1.54) is 0 Å². The Balaban J connectivity index is 1.73. The maximum absolute atomic E-state index is 11.9. The van der Waals surface area contributed by atoms with Crippen LogP contribution in [-0.2, 0) is 20.9 Å². The molecule has 0 heterocycles. The first kappa shape index (κ1) is 19.3. The summed E-state index contributed by atoms with van der Waals surface area (Å²) in [6, 6.07) is 14.7. The lowest BCUT2D eigenvalue weighted by atomic mass is 9.98. The third-order valence-corrected chi connectivity index (χ3v) is 4.28. The van der Waals surface area contributed by atoms with Crippen LogP contribution in [0.2, 0.25) is 10.0 Å². The Hall–Kier alpha value is -2.04. The van der Waals surface area contributed by atoms with Crippen LogP contribution in [0.15, 0.2) is 48.5 Å². The number of carbonyl (C=O) groups excluding carboxylic acids is 2. The number of benzene rings is 2. The van der Waals surface area contributed by atoms with Gasteiger partial charge >= 0.3 is 5.97 Å². The van der Waals surface area contributed by atoms with Crippen molar-refractivity contribution in [2.24, 2.45) is 0 Å². The molecular weight excluding hydrogens is 361 g/mol. The SMILES string of the molecule is C[C@H](CC(=O)OCC(=O)NCc1ccc(Cl)cc1Cl)c1ccccc1. The van der Waals surface area contributed by atoms with E-state index in [0.717, 1.165) is 11.1 Å². The second kappa shape index (κ2) is 9.44. The fraction of sp³-hybridized carbons (Fsp3) is 0.263. The molecule has 2 rings (SSSR count). The molecule has 0 aliphatic heterocycles. The summed E-state index contributed by atoms with van der Waals surface area (Å²) in [5.74, 6) is -0.757. The summed E-state index contributed by atoms with van der Waals surface area (Å²) in [7, 11) is 0. The third-order valence-electron chi connectivity index (χ3n) is 3.70. The van der Waals surface area contributed by atoms with Crippen molar-refractivity contribution < 1.29 is 14.3 Å². The first-order valence-corrected chi connectivity index (χ1v) is 8.62. The van der Waals surface area contributed by atoms with Gasteiger partial charge in [0.2, 0.25) is 0 Å². The van der Waals surface area contributed by atoms with Crippen LogP contribution in [0.5, 0.6) is 0 Å². The molecule has 0 aromatic heterocycles. The highest BCUT2D eigenvalue weighted by Crippen LogP contribution is 2.21. The standard InChI is InChI=1S/C19H19Cl2NO3/c1-13(14-5-3-2-4-6-14)9-19(24)25-12-18(23)22-11-15-7-8-16(20)10-17(15)21/h2-8,10,13H,9,11-12H2,1H3,(H,22,23)/t13-/m1/s1. The lowest BCUT2D eigenvalue weighted by molar-refractivity contribution is -0.148. The Bertz CT molecular complexity index is 735. The van der Waals surface area contributed by atoms with E-state index in [1.807, 2.05) is 37.3 Å². The van der Waals surface area contributed by atoms with Gasteiger partial charge in [-0.3, -0.25) is 9.59 Å². The van der Waals surface area contributed by atoms with Crippen LogP contribution in [0.4, 0.5) is 0 Å². The molecule has 2 aromatic carbocycles. The van der Waals surface area contributed by atoms with E-state index in [2.05, 4.69) is 5.32 Å². The molecular formula is C19H19Cl2NO3. The predicted molar refractivity (Wildman–Crippen MR) is 98.7 cm³/mol. The summed E-state index contributed by atoms with van der Waals surface area (Å²) in [5.41, 5.74) is 1.80. The zero-order chi connectivity index (χ0) is 18.2. The van der Waals surface area contributed by atoms with Gasteiger partial charge in [0.1, 0.15) is 0 Å². The molecule has 6 heteroatoms. The fourth-order valence-corrected chi connectivity index (χ4v) is 2.74. The van der Waals surface area contributed by atoms with Crippen molar-refractivity contribution in [3.63, 3.8) is 0 Å². The van der Waals surface area contributed by atoms with E-state index in [-0.39, 0.29) is 31.4 Å². The van der Waals surface area contributed by atoms with Crippen LogP contribution in [0, 0.1) is 0 Å². The maximum atomic E-state index is 11.9. The van der Waals surface area contributed by atoms with Gasteiger partial charge in [-0.25, -0.2) is 0 Å². The number of carbonyl (C=O) groups is 2. The summed E-state index contributed by atoms with van der Waals surface area (Å²) in [5, 5.41) is 3.66. The van der Waals surface area contributed by atoms with Gasteiger partial charge in [0.25, 0.3) is 5.91 Å².